The van der Waals surface area contributed by atoms with Crippen LogP contribution in [0.25, 0.3) is 6.08 Å². The molecule has 0 bridgehead atoms. The van der Waals surface area contributed by atoms with Crippen molar-refractivity contribution in [2.45, 2.75) is 34.1 Å². The highest BCUT2D eigenvalue weighted by atomic mass is 16.5. The fourth-order valence-electron chi connectivity index (χ4n) is 3.50. The molecule has 0 fully saturated rings. The summed E-state index contributed by atoms with van der Waals surface area (Å²) in [4.78, 5) is 27.8. The van der Waals surface area contributed by atoms with E-state index in [1.54, 1.807) is 13.0 Å². The molecule has 1 atom stereocenters. The molecule has 1 aromatic carbocycles. The van der Waals surface area contributed by atoms with Crippen molar-refractivity contribution in [2.24, 2.45) is 11.0 Å². The van der Waals surface area contributed by atoms with Gasteiger partial charge in [-0.25, -0.2) is 10.2 Å². The molecular weight excluding hydrogens is 354 g/mol. The number of amides is 1. The minimum absolute atomic E-state index is 0.0634. The molecule has 6 heteroatoms. The summed E-state index contributed by atoms with van der Waals surface area (Å²) in [6.45, 7) is 7.81. The van der Waals surface area contributed by atoms with Crippen LogP contribution in [0.3, 0.4) is 0 Å². The number of benzene rings is 1. The Morgan fingerprint density at radius 1 is 1.25 bits per heavy atom. The zero-order valence-electron chi connectivity index (χ0n) is 16.6. The first-order valence-corrected chi connectivity index (χ1v) is 9.42. The first kappa shape index (κ1) is 19.6. The number of nitrogens with zero attached hydrogens (tertiary/aromatic N) is 1. The minimum Gasteiger partial charge on any atom is -0.462 e. The lowest BCUT2D eigenvalue weighted by Gasteiger charge is -2.11. The number of ether oxygens (including phenoxy) is 1. The van der Waals surface area contributed by atoms with Crippen LogP contribution in [-0.4, -0.2) is 29.2 Å². The van der Waals surface area contributed by atoms with E-state index >= 15 is 0 Å². The zero-order chi connectivity index (χ0) is 20.3. The number of H-pyrrole nitrogens is 1. The lowest BCUT2D eigenvalue weighted by molar-refractivity contribution is -0.116. The molecule has 3 rings (SSSR count). The van der Waals surface area contributed by atoms with Gasteiger partial charge in [-0.3, -0.25) is 4.79 Å². The van der Waals surface area contributed by atoms with Crippen molar-refractivity contribution in [1.29, 1.82) is 0 Å². The molecule has 146 valence electrons. The molecular formula is C22H25N3O3. The third-order valence-corrected chi connectivity index (χ3v) is 4.89. The maximum absolute atomic E-state index is 12.4. The summed E-state index contributed by atoms with van der Waals surface area (Å²) in [5.74, 6) is -0.534. The van der Waals surface area contributed by atoms with Crippen molar-refractivity contribution in [3.05, 3.63) is 64.0 Å². The van der Waals surface area contributed by atoms with Crippen LogP contribution in [0.4, 0.5) is 0 Å². The molecule has 2 N–H and O–H groups in total. The number of esters is 1. The maximum Gasteiger partial charge on any atom is 0.340 e. The van der Waals surface area contributed by atoms with Gasteiger partial charge in [0, 0.05) is 17.3 Å². The molecule has 1 aliphatic rings. The third-order valence-electron chi connectivity index (χ3n) is 4.89. The van der Waals surface area contributed by atoms with Crippen LogP contribution in [0.5, 0.6) is 0 Å². The van der Waals surface area contributed by atoms with Crippen LogP contribution in [-0.2, 0) is 16.0 Å². The largest absolute Gasteiger partial charge is 0.462 e. The molecule has 6 nitrogen and oxygen atoms in total. The van der Waals surface area contributed by atoms with Crippen molar-refractivity contribution in [3.8, 4) is 0 Å². The molecule has 28 heavy (non-hydrogen) atoms. The molecule has 0 radical (unpaired) electrons. The monoisotopic (exact) mass is 379 g/mol. The predicted molar refractivity (Wildman–Crippen MR) is 109 cm³/mol. The van der Waals surface area contributed by atoms with Crippen LogP contribution in [0.15, 0.2) is 41.0 Å². The van der Waals surface area contributed by atoms with Crippen LogP contribution >= 0.6 is 0 Å². The smallest absolute Gasteiger partial charge is 0.340 e. The predicted octanol–water partition coefficient (Wildman–Crippen LogP) is 3.56. The Bertz CT molecular complexity index is 955. The fraction of sp³-hybridized carbons (Fsp3) is 0.318. The summed E-state index contributed by atoms with van der Waals surface area (Å²) in [5.41, 5.74) is 7.70. The highest BCUT2D eigenvalue weighted by Crippen LogP contribution is 2.25. The highest BCUT2D eigenvalue weighted by molar-refractivity contribution is 6.28. The van der Waals surface area contributed by atoms with Crippen molar-refractivity contribution in [2.75, 3.05) is 6.61 Å². The third kappa shape index (κ3) is 3.91. The second kappa shape index (κ2) is 8.25. The SMILES string of the molecule is CCOC(=O)c1c(C)[nH]c(/C=C2/C(=O)NN=C2C(C)Cc2ccccc2)c1C. The van der Waals surface area contributed by atoms with E-state index in [2.05, 4.69) is 34.6 Å². The number of hydrogen-bond acceptors (Lipinski definition) is 4. The van der Waals surface area contributed by atoms with Gasteiger partial charge in [-0.1, -0.05) is 37.3 Å². The number of rotatable bonds is 6. The summed E-state index contributed by atoms with van der Waals surface area (Å²) in [6, 6.07) is 10.1. The number of aromatic nitrogens is 1. The summed E-state index contributed by atoms with van der Waals surface area (Å²) < 4.78 is 5.14. The summed E-state index contributed by atoms with van der Waals surface area (Å²) in [5, 5.41) is 4.26. The fourth-order valence-corrected chi connectivity index (χ4v) is 3.50. The molecule has 1 aliphatic heterocycles. The molecule has 0 spiro atoms. The van der Waals surface area contributed by atoms with E-state index in [0.717, 1.165) is 23.4 Å². The van der Waals surface area contributed by atoms with Crippen LogP contribution in [0, 0.1) is 19.8 Å². The van der Waals surface area contributed by atoms with E-state index in [4.69, 9.17) is 4.74 Å². The van der Waals surface area contributed by atoms with Crippen LogP contribution < -0.4 is 5.43 Å². The topological polar surface area (TPSA) is 83.5 Å². The quantitative estimate of drug-likeness (QED) is 0.595. The lowest BCUT2D eigenvalue weighted by atomic mass is 9.91. The van der Waals surface area contributed by atoms with E-state index in [1.807, 2.05) is 32.0 Å². The van der Waals surface area contributed by atoms with E-state index < -0.39 is 0 Å². The van der Waals surface area contributed by atoms with E-state index in [-0.39, 0.29) is 17.8 Å². The number of aryl methyl sites for hydroxylation is 1. The van der Waals surface area contributed by atoms with Gasteiger partial charge in [-0.2, -0.15) is 5.10 Å². The molecule has 1 aromatic heterocycles. The maximum atomic E-state index is 12.4. The second-order valence-corrected chi connectivity index (χ2v) is 6.97. The van der Waals surface area contributed by atoms with E-state index in [1.165, 1.54) is 5.56 Å². The molecule has 2 aromatic rings. The number of nitrogens with one attached hydrogen (secondary N) is 2. The number of carbonyl (C=O) groups is 2. The Hall–Kier alpha value is -3.15. The molecule has 0 aliphatic carbocycles. The minimum atomic E-state index is -0.361. The van der Waals surface area contributed by atoms with Crippen LogP contribution in [0.1, 0.15) is 46.7 Å². The molecule has 0 saturated carbocycles. The number of hydrogen-bond donors (Lipinski definition) is 2. The zero-order valence-corrected chi connectivity index (χ0v) is 16.6. The average molecular weight is 379 g/mol. The molecule has 1 unspecified atom stereocenters. The van der Waals surface area contributed by atoms with Gasteiger partial charge < -0.3 is 9.72 Å². The Kier molecular flexibility index (Phi) is 5.78. The van der Waals surface area contributed by atoms with Crippen molar-refractivity contribution < 1.29 is 14.3 Å². The van der Waals surface area contributed by atoms with Gasteiger partial charge in [0.15, 0.2) is 0 Å². The summed E-state index contributed by atoms with van der Waals surface area (Å²) in [7, 11) is 0. The Labute approximate surface area is 164 Å². The first-order chi connectivity index (χ1) is 13.4. The van der Waals surface area contributed by atoms with Crippen molar-refractivity contribution >= 4 is 23.7 Å². The summed E-state index contributed by atoms with van der Waals surface area (Å²) >= 11 is 0. The number of aromatic amines is 1. The van der Waals surface area contributed by atoms with Crippen molar-refractivity contribution in [1.82, 2.24) is 10.4 Å². The Morgan fingerprint density at radius 3 is 2.64 bits per heavy atom. The first-order valence-electron chi connectivity index (χ1n) is 9.42. The lowest BCUT2D eigenvalue weighted by Crippen LogP contribution is -2.18. The normalized spacial score (nSPS) is 16.1. The Balaban J connectivity index is 1.90. The molecule has 1 amide bonds. The Morgan fingerprint density at radius 2 is 1.96 bits per heavy atom. The van der Waals surface area contributed by atoms with Crippen LogP contribution in [0.2, 0.25) is 0 Å². The van der Waals surface area contributed by atoms with Gasteiger partial charge in [0.1, 0.15) is 0 Å². The van der Waals surface area contributed by atoms with Gasteiger partial charge in [0.25, 0.3) is 5.91 Å². The van der Waals surface area contributed by atoms with E-state index in [9.17, 15) is 9.59 Å². The summed E-state index contributed by atoms with van der Waals surface area (Å²) in [6.07, 6.45) is 2.55. The van der Waals surface area contributed by atoms with Gasteiger partial charge in [0.2, 0.25) is 0 Å². The van der Waals surface area contributed by atoms with Gasteiger partial charge in [-0.05, 0) is 44.4 Å². The number of hydrazone groups is 1. The standard InChI is InChI=1S/C22H25N3O3/c1-5-28-22(27)19-14(3)18(23-15(19)4)12-17-20(24-25-21(17)26)13(2)11-16-9-7-6-8-10-16/h6-10,12-13,23H,5,11H2,1-4H3,(H,25,26)/b17-12+. The average Bonchev–Trinajstić information content (AvgIpc) is 3.16. The van der Waals surface area contributed by atoms with Gasteiger partial charge in [-0.15, -0.1) is 0 Å². The molecule has 0 saturated heterocycles. The van der Waals surface area contributed by atoms with E-state index in [0.29, 0.717) is 23.4 Å². The van der Waals surface area contributed by atoms with Gasteiger partial charge in [0.05, 0.1) is 23.5 Å². The second-order valence-electron chi connectivity index (χ2n) is 6.97. The number of carbonyl (C=O) groups excluding carboxylic acids is 2. The highest BCUT2D eigenvalue weighted by Gasteiger charge is 2.28. The van der Waals surface area contributed by atoms with Crippen molar-refractivity contribution in [3.63, 3.8) is 0 Å². The molecule has 2 heterocycles. The van der Waals surface area contributed by atoms with Gasteiger partial charge >= 0.3 is 5.97 Å².